The Morgan fingerprint density at radius 2 is 2.12 bits per heavy atom. The number of carbonyl (C=O) groups is 1. The van der Waals surface area contributed by atoms with Gasteiger partial charge in [0.05, 0.1) is 30.1 Å². The van der Waals surface area contributed by atoms with Crippen LogP contribution in [0.1, 0.15) is 29.1 Å². The molecule has 1 aliphatic heterocycles. The molecule has 2 aromatic heterocycles. The molecule has 0 spiro atoms. The van der Waals surface area contributed by atoms with E-state index in [4.69, 9.17) is 0 Å². The summed E-state index contributed by atoms with van der Waals surface area (Å²) in [6.07, 6.45) is 1.83. The minimum Gasteiger partial charge on any atom is -0.390 e. The SMILES string of the molecule is O=C(CCc1[nH]nc2ccccc12)N1CCc2c(CO)n[nH]c2C1. The molecule has 7 nitrogen and oxygen atoms in total. The number of aryl methyl sites for hydroxylation is 1. The topological polar surface area (TPSA) is 97.9 Å². The van der Waals surface area contributed by atoms with Crippen molar-refractivity contribution in [1.82, 2.24) is 25.3 Å². The molecule has 1 aliphatic rings. The summed E-state index contributed by atoms with van der Waals surface area (Å²) in [5.41, 5.74) is 4.62. The molecule has 3 heterocycles. The summed E-state index contributed by atoms with van der Waals surface area (Å²) in [6, 6.07) is 7.91. The molecule has 0 atom stereocenters. The first kappa shape index (κ1) is 14.9. The number of H-pyrrole nitrogens is 2. The Morgan fingerprint density at radius 1 is 1.25 bits per heavy atom. The quantitative estimate of drug-likeness (QED) is 0.673. The highest BCUT2D eigenvalue weighted by molar-refractivity contribution is 5.82. The van der Waals surface area contributed by atoms with E-state index in [1.54, 1.807) is 0 Å². The molecular weight excluding hydrogens is 306 g/mol. The Labute approximate surface area is 138 Å². The Bertz CT molecular complexity index is 882. The van der Waals surface area contributed by atoms with Crippen LogP contribution in [-0.4, -0.2) is 42.9 Å². The predicted molar refractivity (Wildman–Crippen MR) is 88.0 cm³/mol. The summed E-state index contributed by atoms with van der Waals surface area (Å²) in [7, 11) is 0. The van der Waals surface area contributed by atoms with Crippen LogP contribution in [0.25, 0.3) is 10.9 Å². The molecule has 0 radical (unpaired) electrons. The lowest BCUT2D eigenvalue weighted by Gasteiger charge is -2.27. The number of aromatic amines is 2. The third kappa shape index (κ3) is 2.56. The van der Waals surface area contributed by atoms with E-state index in [2.05, 4.69) is 20.4 Å². The van der Waals surface area contributed by atoms with Crippen molar-refractivity contribution in [1.29, 1.82) is 0 Å². The maximum absolute atomic E-state index is 12.5. The molecule has 24 heavy (non-hydrogen) atoms. The number of carbonyl (C=O) groups excluding carboxylic acids is 1. The predicted octanol–water partition coefficient (Wildman–Crippen LogP) is 1.30. The summed E-state index contributed by atoms with van der Waals surface area (Å²) in [4.78, 5) is 14.4. The number of benzene rings is 1. The van der Waals surface area contributed by atoms with Crippen molar-refractivity contribution in [2.45, 2.75) is 32.4 Å². The molecule has 0 saturated heterocycles. The van der Waals surface area contributed by atoms with Gasteiger partial charge in [-0.05, 0) is 18.9 Å². The minimum absolute atomic E-state index is 0.0628. The number of nitrogens with zero attached hydrogens (tertiary/aromatic N) is 3. The van der Waals surface area contributed by atoms with E-state index in [1.807, 2.05) is 29.2 Å². The summed E-state index contributed by atoms with van der Waals surface area (Å²) in [5, 5.41) is 24.7. The molecule has 7 heteroatoms. The standard InChI is InChI=1S/C17H19N5O2/c23-10-16-12-7-8-22(9-15(12)20-21-16)17(24)6-5-14-11-3-1-2-4-13(11)18-19-14/h1-4,23H,5-10H2,(H,18,19)(H,20,21). The number of fused-ring (bicyclic) bond motifs is 2. The lowest BCUT2D eigenvalue weighted by Crippen LogP contribution is -2.36. The van der Waals surface area contributed by atoms with Gasteiger partial charge in [0.1, 0.15) is 0 Å². The first-order chi connectivity index (χ1) is 11.8. The molecule has 4 rings (SSSR count). The molecule has 0 bridgehead atoms. The normalized spacial score (nSPS) is 14.1. The van der Waals surface area contributed by atoms with Gasteiger partial charge in [-0.15, -0.1) is 0 Å². The zero-order valence-electron chi connectivity index (χ0n) is 13.2. The fourth-order valence-electron chi connectivity index (χ4n) is 3.33. The van der Waals surface area contributed by atoms with Crippen molar-refractivity contribution in [3.63, 3.8) is 0 Å². The van der Waals surface area contributed by atoms with E-state index >= 15 is 0 Å². The zero-order valence-corrected chi connectivity index (χ0v) is 13.2. The highest BCUT2D eigenvalue weighted by Crippen LogP contribution is 2.22. The van der Waals surface area contributed by atoms with Crippen LogP contribution in [0.4, 0.5) is 0 Å². The second kappa shape index (κ2) is 6.09. The number of nitrogens with one attached hydrogen (secondary N) is 2. The van der Waals surface area contributed by atoms with Gasteiger partial charge in [0.2, 0.25) is 5.91 Å². The molecule has 3 N–H and O–H groups in total. The number of amides is 1. The molecule has 124 valence electrons. The number of hydrogen-bond donors (Lipinski definition) is 3. The Hall–Kier alpha value is -2.67. The van der Waals surface area contributed by atoms with Crippen LogP contribution in [0.2, 0.25) is 0 Å². The average molecular weight is 325 g/mol. The van der Waals surface area contributed by atoms with Crippen molar-refractivity contribution < 1.29 is 9.90 Å². The van der Waals surface area contributed by atoms with Gasteiger partial charge >= 0.3 is 0 Å². The van der Waals surface area contributed by atoms with Crippen LogP contribution in [0.3, 0.4) is 0 Å². The van der Waals surface area contributed by atoms with Crippen LogP contribution < -0.4 is 0 Å². The third-order valence-electron chi connectivity index (χ3n) is 4.65. The number of aliphatic hydroxyl groups excluding tert-OH is 1. The summed E-state index contributed by atoms with van der Waals surface area (Å²) >= 11 is 0. The Morgan fingerprint density at radius 3 is 3.00 bits per heavy atom. The molecule has 3 aromatic rings. The van der Waals surface area contributed by atoms with Crippen molar-refractivity contribution in [2.24, 2.45) is 0 Å². The summed E-state index contributed by atoms with van der Waals surface area (Å²) in [6.45, 7) is 1.14. The maximum atomic E-state index is 12.5. The first-order valence-electron chi connectivity index (χ1n) is 8.12. The van der Waals surface area contributed by atoms with E-state index < -0.39 is 0 Å². The number of aromatic nitrogens is 4. The molecule has 1 aromatic carbocycles. The van der Waals surface area contributed by atoms with E-state index in [0.29, 0.717) is 31.6 Å². The Balaban J connectivity index is 1.42. The van der Waals surface area contributed by atoms with Crippen molar-refractivity contribution in [3.05, 3.63) is 46.9 Å². The average Bonchev–Trinajstić information content (AvgIpc) is 3.22. The van der Waals surface area contributed by atoms with Gasteiger partial charge in [-0.25, -0.2) is 0 Å². The zero-order chi connectivity index (χ0) is 16.5. The van der Waals surface area contributed by atoms with Crippen LogP contribution in [0, 0.1) is 0 Å². The Kier molecular flexibility index (Phi) is 3.78. The lowest BCUT2D eigenvalue weighted by atomic mass is 10.0. The highest BCUT2D eigenvalue weighted by atomic mass is 16.3. The second-order valence-corrected chi connectivity index (χ2v) is 6.07. The van der Waals surface area contributed by atoms with Gasteiger partial charge < -0.3 is 10.0 Å². The second-order valence-electron chi connectivity index (χ2n) is 6.07. The fourth-order valence-corrected chi connectivity index (χ4v) is 3.33. The van der Waals surface area contributed by atoms with E-state index in [-0.39, 0.29) is 12.5 Å². The molecule has 0 aliphatic carbocycles. The number of hydrogen-bond acceptors (Lipinski definition) is 4. The maximum Gasteiger partial charge on any atom is 0.223 e. The first-order valence-corrected chi connectivity index (χ1v) is 8.12. The van der Waals surface area contributed by atoms with E-state index in [9.17, 15) is 9.90 Å². The van der Waals surface area contributed by atoms with E-state index in [0.717, 1.165) is 34.3 Å². The van der Waals surface area contributed by atoms with Crippen LogP contribution in [0.15, 0.2) is 24.3 Å². The van der Waals surface area contributed by atoms with Crippen LogP contribution in [0.5, 0.6) is 0 Å². The monoisotopic (exact) mass is 325 g/mol. The number of aliphatic hydroxyl groups is 1. The van der Waals surface area contributed by atoms with Gasteiger partial charge in [-0.1, -0.05) is 18.2 Å². The number of para-hydroxylation sites is 1. The van der Waals surface area contributed by atoms with Crippen LogP contribution >= 0.6 is 0 Å². The molecule has 0 fully saturated rings. The largest absolute Gasteiger partial charge is 0.390 e. The molecule has 0 saturated carbocycles. The van der Waals surface area contributed by atoms with Gasteiger partial charge in [-0.3, -0.25) is 15.0 Å². The van der Waals surface area contributed by atoms with Crippen LogP contribution in [-0.2, 0) is 30.8 Å². The highest BCUT2D eigenvalue weighted by Gasteiger charge is 2.24. The van der Waals surface area contributed by atoms with Gasteiger partial charge in [0.25, 0.3) is 0 Å². The van der Waals surface area contributed by atoms with Crippen molar-refractivity contribution in [2.75, 3.05) is 6.54 Å². The summed E-state index contributed by atoms with van der Waals surface area (Å²) < 4.78 is 0. The van der Waals surface area contributed by atoms with Crippen molar-refractivity contribution >= 4 is 16.8 Å². The molecule has 0 unspecified atom stereocenters. The lowest BCUT2D eigenvalue weighted by molar-refractivity contribution is -0.132. The van der Waals surface area contributed by atoms with Gasteiger partial charge in [-0.2, -0.15) is 10.2 Å². The van der Waals surface area contributed by atoms with Crippen molar-refractivity contribution in [3.8, 4) is 0 Å². The van der Waals surface area contributed by atoms with E-state index in [1.165, 1.54) is 0 Å². The van der Waals surface area contributed by atoms with Gasteiger partial charge in [0.15, 0.2) is 0 Å². The number of rotatable bonds is 4. The smallest absolute Gasteiger partial charge is 0.223 e. The summed E-state index contributed by atoms with van der Waals surface area (Å²) in [5.74, 6) is 0.125. The van der Waals surface area contributed by atoms with Gasteiger partial charge in [0, 0.05) is 29.6 Å². The minimum atomic E-state index is -0.0628. The molecule has 1 amide bonds. The fraction of sp³-hybridized carbons (Fsp3) is 0.353. The third-order valence-corrected chi connectivity index (χ3v) is 4.65. The molecular formula is C17H19N5O2.